The van der Waals surface area contributed by atoms with E-state index in [0.717, 1.165) is 44.4 Å². The highest BCUT2D eigenvalue weighted by Crippen LogP contribution is 2.39. The smallest absolute Gasteiger partial charge is 0.271 e. The molecule has 0 unspecified atom stereocenters. The topological polar surface area (TPSA) is 41.9 Å². The molecule has 6 heteroatoms. The molecule has 1 amide bonds. The van der Waals surface area contributed by atoms with E-state index in [1.807, 2.05) is 98.8 Å². The van der Waals surface area contributed by atoms with E-state index in [0.29, 0.717) is 27.5 Å². The van der Waals surface area contributed by atoms with Crippen LogP contribution in [0.2, 0.25) is 5.02 Å². The first-order valence-electron chi connectivity index (χ1n) is 13.3. The van der Waals surface area contributed by atoms with Crippen LogP contribution in [0, 0.1) is 13.8 Å². The summed E-state index contributed by atoms with van der Waals surface area (Å²) in [6, 6.07) is 35.7. The van der Waals surface area contributed by atoms with Crippen molar-refractivity contribution in [2.45, 2.75) is 20.5 Å². The van der Waals surface area contributed by atoms with Crippen LogP contribution in [0.4, 0.5) is 11.4 Å². The number of carbonyl (C=O) groups excluding carboxylic acids is 1. The average Bonchev–Trinajstić information content (AvgIpc) is 3.28. The van der Waals surface area contributed by atoms with Crippen LogP contribution >= 0.6 is 23.4 Å². The third-order valence-electron chi connectivity index (χ3n) is 6.88. The van der Waals surface area contributed by atoms with Gasteiger partial charge in [0, 0.05) is 10.6 Å². The number of ether oxygens (including phenoxy) is 1. The van der Waals surface area contributed by atoms with Crippen molar-refractivity contribution in [1.29, 1.82) is 0 Å². The maximum absolute atomic E-state index is 13.9. The minimum Gasteiger partial charge on any atom is -0.488 e. The summed E-state index contributed by atoms with van der Waals surface area (Å²) in [7, 11) is 0. The molecule has 0 bridgehead atoms. The second kappa shape index (κ2) is 11.7. The maximum Gasteiger partial charge on any atom is 0.271 e. The van der Waals surface area contributed by atoms with Crippen molar-refractivity contribution < 1.29 is 9.53 Å². The van der Waals surface area contributed by atoms with E-state index >= 15 is 0 Å². The number of amides is 1. The van der Waals surface area contributed by atoms with Crippen LogP contribution in [-0.2, 0) is 11.4 Å². The van der Waals surface area contributed by atoms with Crippen molar-refractivity contribution >= 4 is 62.7 Å². The number of halogens is 1. The molecular weight excluding hydrogens is 548 g/mol. The Morgan fingerprint density at radius 3 is 2.34 bits per heavy atom. The fraction of sp³-hybridized carbons (Fsp3) is 0.0857. The predicted octanol–water partition coefficient (Wildman–Crippen LogP) is 9.50. The van der Waals surface area contributed by atoms with Crippen molar-refractivity contribution in [3.05, 3.63) is 141 Å². The summed E-state index contributed by atoms with van der Waals surface area (Å²) in [6.07, 6.45) is 1.84. The Labute approximate surface area is 249 Å². The summed E-state index contributed by atoms with van der Waals surface area (Å²) >= 11 is 7.75. The lowest BCUT2D eigenvalue weighted by Gasteiger charge is -2.16. The number of rotatable bonds is 6. The van der Waals surface area contributed by atoms with Gasteiger partial charge < -0.3 is 4.74 Å². The molecule has 6 rings (SSSR count). The van der Waals surface area contributed by atoms with Gasteiger partial charge in [-0.1, -0.05) is 89.5 Å². The van der Waals surface area contributed by atoms with Crippen LogP contribution in [-0.4, -0.2) is 11.1 Å². The van der Waals surface area contributed by atoms with Crippen molar-refractivity contribution in [3.63, 3.8) is 0 Å². The maximum atomic E-state index is 13.9. The fourth-order valence-electron chi connectivity index (χ4n) is 4.68. The Balaban J connectivity index is 1.35. The summed E-state index contributed by atoms with van der Waals surface area (Å²) in [5.74, 6) is 0.499. The molecule has 202 valence electrons. The Kier molecular flexibility index (Phi) is 7.64. The SMILES string of the molecule is Cc1ccc(N=C2S/C(=C\c3cc(Cl)ccc3OCc3cccc4ccccc34)C(=O)N2c2ccc(C)cc2)cc1. The third-order valence-corrected chi connectivity index (χ3v) is 8.08. The zero-order chi connectivity index (χ0) is 28.3. The van der Waals surface area contributed by atoms with Gasteiger partial charge in [-0.05, 0) is 90.5 Å². The standard InChI is InChI=1S/C35H27ClN2O2S/c1-23-10-15-29(16-11-23)37-35-38(30-17-12-24(2)13-18-30)34(39)33(41-35)21-27-20-28(36)14-19-32(27)40-22-26-8-5-7-25-6-3-4-9-31(25)26/h3-21H,22H2,1-2H3/b33-21-,37-35?. The summed E-state index contributed by atoms with van der Waals surface area (Å²) < 4.78 is 6.32. The van der Waals surface area contributed by atoms with Gasteiger partial charge in [-0.2, -0.15) is 0 Å². The van der Waals surface area contributed by atoms with Gasteiger partial charge >= 0.3 is 0 Å². The molecule has 0 spiro atoms. The second-order valence-electron chi connectivity index (χ2n) is 9.93. The monoisotopic (exact) mass is 574 g/mol. The molecule has 1 fully saturated rings. The summed E-state index contributed by atoms with van der Waals surface area (Å²) in [5.41, 5.74) is 5.63. The first kappa shape index (κ1) is 26.9. The minimum atomic E-state index is -0.148. The number of thioether (sulfide) groups is 1. The number of fused-ring (bicyclic) bond motifs is 1. The van der Waals surface area contributed by atoms with E-state index in [4.69, 9.17) is 21.3 Å². The summed E-state index contributed by atoms with van der Waals surface area (Å²) in [5, 5.41) is 3.47. The van der Waals surface area contributed by atoms with E-state index in [1.165, 1.54) is 11.8 Å². The quantitative estimate of drug-likeness (QED) is 0.190. The molecule has 0 aromatic heterocycles. The molecule has 1 aliphatic rings. The molecule has 0 aliphatic carbocycles. The van der Waals surface area contributed by atoms with Crippen molar-refractivity contribution in [1.82, 2.24) is 0 Å². The number of amidine groups is 1. The van der Waals surface area contributed by atoms with Crippen LogP contribution in [0.25, 0.3) is 16.8 Å². The second-order valence-corrected chi connectivity index (χ2v) is 11.4. The van der Waals surface area contributed by atoms with Crippen LogP contribution < -0.4 is 9.64 Å². The van der Waals surface area contributed by atoms with Crippen LogP contribution in [0.1, 0.15) is 22.3 Å². The average molecular weight is 575 g/mol. The molecule has 0 atom stereocenters. The molecule has 1 saturated heterocycles. The van der Waals surface area contributed by atoms with Crippen LogP contribution in [0.3, 0.4) is 0 Å². The predicted molar refractivity (Wildman–Crippen MR) is 172 cm³/mol. The minimum absolute atomic E-state index is 0.148. The Morgan fingerprint density at radius 2 is 1.56 bits per heavy atom. The molecule has 5 aromatic rings. The summed E-state index contributed by atoms with van der Waals surface area (Å²) in [6.45, 7) is 4.45. The van der Waals surface area contributed by atoms with Crippen LogP contribution in [0.5, 0.6) is 5.75 Å². The van der Waals surface area contributed by atoms with Gasteiger partial charge in [-0.3, -0.25) is 9.69 Å². The fourth-order valence-corrected chi connectivity index (χ4v) is 5.85. The number of anilines is 1. The number of benzene rings is 5. The molecule has 0 saturated carbocycles. The molecule has 4 nitrogen and oxygen atoms in total. The number of hydrogen-bond acceptors (Lipinski definition) is 4. The lowest BCUT2D eigenvalue weighted by Crippen LogP contribution is -2.28. The molecule has 1 heterocycles. The van der Waals surface area contributed by atoms with Gasteiger partial charge in [0.05, 0.1) is 16.3 Å². The van der Waals surface area contributed by atoms with Gasteiger partial charge in [0.1, 0.15) is 12.4 Å². The van der Waals surface area contributed by atoms with Gasteiger partial charge in [0.2, 0.25) is 0 Å². The number of aryl methyl sites for hydroxylation is 2. The van der Waals surface area contributed by atoms with Gasteiger partial charge in [-0.15, -0.1) is 0 Å². The lowest BCUT2D eigenvalue weighted by molar-refractivity contribution is -0.113. The largest absolute Gasteiger partial charge is 0.488 e. The van der Waals surface area contributed by atoms with E-state index in [1.54, 1.807) is 11.0 Å². The molecule has 0 N–H and O–H groups in total. The first-order valence-corrected chi connectivity index (χ1v) is 14.5. The first-order chi connectivity index (χ1) is 19.9. The van der Waals surface area contributed by atoms with Crippen molar-refractivity contribution in [2.75, 3.05) is 4.90 Å². The zero-order valence-corrected chi connectivity index (χ0v) is 24.2. The molecule has 0 radical (unpaired) electrons. The zero-order valence-electron chi connectivity index (χ0n) is 22.7. The lowest BCUT2D eigenvalue weighted by atomic mass is 10.1. The van der Waals surface area contributed by atoms with E-state index < -0.39 is 0 Å². The number of nitrogens with zero attached hydrogens (tertiary/aromatic N) is 2. The molecule has 5 aromatic carbocycles. The highest BCUT2D eigenvalue weighted by Gasteiger charge is 2.35. The molecule has 1 aliphatic heterocycles. The van der Waals surface area contributed by atoms with E-state index in [2.05, 4.69) is 24.3 Å². The van der Waals surface area contributed by atoms with Crippen molar-refractivity contribution in [2.24, 2.45) is 4.99 Å². The van der Waals surface area contributed by atoms with Gasteiger partial charge in [0.25, 0.3) is 5.91 Å². The third kappa shape index (κ3) is 5.92. The number of hydrogen-bond donors (Lipinski definition) is 0. The van der Waals surface area contributed by atoms with Gasteiger partial charge in [-0.25, -0.2) is 4.99 Å². The molecule has 41 heavy (non-hydrogen) atoms. The Bertz CT molecular complexity index is 1810. The normalized spacial score (nSPS) is 15.3. The number of carbonyl (C=O) groups is 1. The Hall–Kier alpha value is -4.32. The highest BCUT2D eigenvalue weighted by atomic mass is 35.5. The molecular formula is C35H27ClN2O2S. The van der Waals surface area contributed by atoms with Crippen molar-refractivity contribution in [3.8, 4) is 5.75 Å². The van der Waals surface area contributed by atoms with E-state index in [9.17, 15) is 4.79 Å². The van der Waals surface area contributed by atoms with Crippen LogP contribution in [0.15, 0.2) is 119 Å². The number of aliphatic imine (C=N–C) groups is 1. The summed E-state index contributed by atoms with van der Waals surface area (Å²) in [4.78, 5) is 20.9. The van der Waals surface area contributed by atoms with Gasteiger partial charge in [0.15, 0.2) is 5.17 Å². The highest BCUT2D eigenvalue weighted by molar-refractivity contribution is 8.19. The van der Waals surface area contributed by atoms with E-state index in [-0.39, 0.29) is 5.91 Å². The Morgan fingerprint density at radius 1 is 0.854 bits per heavy atom.